The van der Waals surface area contributed by atoms with Gasteiger partial charge in [-0.1, -0.05) is 97.1 Å². The van der Waals surface area contributed by atoms with Crippen LogP contribution in [-0.4, -0.2) is 0 Å². The molecule has 0 aliphatic rings. The third-order valence-corrected chi connectivity index (χ3v) is 6.20. The van der Waals surface area contributed by atoms with Gasteiger partial charge >= 0.3 is 0 Å². The molecule has 0 fully saturated rings. The maximum absolute atomic E-state index is 14.2. The average molecular weight is 416 g/mol. The fourth-order valence-electron chi connectivity index (χ4n) is 4.82. The van der Waals surface area contributed by atoms with Crippen LogP contribution in [0.1, 0.15) is 0 Å². The van der Waals surface area contributed by atoms with Gasteiger partial charge in [-0.3, -0.25) is 0 Å². The van der Waals surface area contributed by atoms with E-state index in [1.807, 2.05) is 24.3 Å². The molecule has 0 unspecified atom stereocenters. The van der Waals surface area contributed by atoms with Crippen LogP contribution in [0.25, 0.3) is 54.6 Å². The van der Waals surface area contributed by atoms with Crippen molar-refractivity contribution in [2.75, 3.05) is 0 Å². The first kappa shape index (κ1) is 18.7. The van der Waals surface area contributed by atoms with Gasteiger partial charge in [0.05, 0.1) is 0 Å². The smallest absolute Gasteiger partial charge is 0.159 e. The van der Waals surface area contributed by atoms with Crippen molar-refractivity contribution in [2.24, 2.45) is 0 Å². The normalized spacial score (nSPS) is 11.4. The Hall–Kier alpha value is -4.04. The lowest BCUT2D eigenvalue weighted by Crippen LogP contribution is -1.92. The maximum Gasteiger partial charge on any atom is 0.159 e. The van der Waals surface area contributed by atoms with E-state index >= 15 is 0 Å². The van der Waals surface area contributed by atoms with Crippen molar-refractivity contribution < 1.29 is 8.78 Å². The summed E-state index contributed by atoms with van der Waals surface area (Å²) in [5.74, 6) is -1.68. The van der Waals surface area contributed by atoms with Crippen LogP contribution >= 0.6 is 0 Å². The van der Waals surface area contributed by atoms with Gasteiger partial charge in [-0.05, 0) is 66.7 Å². The van der Waals surface area contributed by atoms with E-state index in [0.717, 1.165) is 38.2 Å². The van der Waals surface area contributed by atoms with Crippen molar-refractivity contribution in [2.45, 2.75) is 0 Å². The second kappa shape index (κ2) is 7.28. The van der Waals surface area contributed by atoms with E-state index in [4.69, 9.17) is 0 Å². The second-order valence-electron chi connectivity index (χ2n) is 8.00. The molecule has 32 heavy (non-hydrogen) atoms. The highest BCUT2D eigenvalue weighted by molar-refractivity contribution is 6.23. The Labute approximate surface area is 184 Å². The van der Waals surface area contributed by atoms with Crippen molar-refractivity contribution in [1.82, 2.24) is 0 Å². The fraction of sp³-hybridized carbons (Fsp3) is 0. The molecule has 0 saturated heterocycles. The highest BCUT2D eigenvalue weighted by Gasteiger charge is 2.18. The number of rotatable bonds is 2. The third-order valence-electron chi connectivity index (χ3n) is 6.20. The zero-order chi connectivity index (χ0) is 21.7. The van der Waals surface area contributed by atoms with Crippen molar-refractivity contribution in [3.05, 3.63) is 121 Å². The van der Waals surface area contributed by atoms with E-state index in [-0.39, 0.29) is 0 Å². The molecule has 6 rings (SSSR count). The summed E-state index contributed by atoms with van der Waals surface area (Å²) in [5, 5.41) is 6.57. The lowest BCUT2D eigenvalue weighted by atomic mass is 9.85. The SMILES string of the molecule is Fc1ccc(-c2c3ccccc3c(-c3cccc4ccccc34)c3ccccc23)cc1F. The van der Waals surface area contributed by atoms with Crippen LogP contribution in [0.4, 0.5) is 8.78 Å². The Bertz CT molecular complexity index is 1580. The number of fused-ring (bicyclic) bond motifs is 3. The lowest BCUT2D eigenvalue weighted by molar-refractivity contribution is 0.509. The molecule has 0 saturated carbocycles. The van der Waals surface area contributed by atoms with Crippen LogP contribution in [0.2, 0.25) is 0 Å². The summed E-state index contributed by atoms with van der Waals surface area (Å²) in [4.78, 5) is 0. The Morgan fingerprint density at radius 3 is 1.56 bits per heavy atom. The van der Waals surface area contributed by atoms with Gasteiger partial charge in [0, 0.05) is 0 Å². The van der Waals surface area contributed by atoms with Crippen molar-refractivity contribution >= 4 is 32.3 Å². The predicted octanol–water partition coefficient (Wildman–Crippen LogP) is 8.76. The second-order valence-corrected chi connectivity index (χ2v) is 8.00. The van der Waals surface area contributed by atoms with Gasteiger partial charge in [0.25, 0.3) is 0 Å². The molecule has 0 aliphatic carbocycles. The molecule has 0 heterocycles. The Morgan fingerprint density at radius 2 is 0.938 bits per heavy atom. The summed E-state index contributed by atoms with van der Waals surface area (Å²) in [6.07, 6.45) is 0. The number of hydrogen-bond acceptors (Lipinski definition) is 0. The Morgan fingerprint density at radius 1 is 0.406 bits per heavy atom. The van der Waals surface area contributed by atoms with Crippen LogP contribution in [0.5, 0.6) is 0 Å². The van der Waals surface area contributed by atoms with Gasteiger partial charge in [-0.15, -0.1) is 0 Å². The molecule has 0 nitrogen and oxygen atoms in total. The summed E-state index contributed by atoms with van der Waals surface area (Å²) >= 11 is 0. The average Bonchev–Trinajstić information content (AvgIpc) is 2.84. The van der Waals surface area contributed by atoms with Crippen molar-refractivity contribution in [3.8, 4) is 22.3 Å². The molecule has 0 aromatic heterocycles. The predicted molar refractivity (Wildman–Crippen MR) is 130 cm³/mol. The monoisotopic (exact) mass is 416 g/mol. The van der Waals surface area contributed by atoms with E-state index in [9.17, 15) is 8.78 Å². The molecular weight excluding hydrogens is 398 g/mol. The first-order chi connectivity index (χ1) is 15.7. The largest absolute Gasteiger partial charge is 0.204 e. The molecule has 0 aliphatic heterocycles. The Kier molecular flexibility index (Phi) is 4.26. The first-order valence-corrected chi connectivity index (χ1v) is 10.6. The van der Waals surface area contributed by atoms with Gasteiger partial charge in [0.1, 0.15) is 0 Å². The summed E-state index contributed by atoms with van der Waals surface area (Å²) < 4.78 is 27.9. The Balaban J connectivity index is 1.82. The van der Waals surface area contributed by atoms with E-state index in [1.54, 1.807) is 6.07 Å². The minimum atomic E-state index is -0.839. The number of benzene rings is 6. The summed E-state index contributed by atoms with van der Waals surface area (Å²) in [7, 11) is 0. The van der Waals surface area contributed by atoms with Crippen LogP contribution < -0.4 is 0 Å². The molecule has 6 aromatic carbocycles. The van der Waals surface area contributed by atoms with Crippen LogP contribution in [0.3, 0.4) is 0 Å². The van der Waals surface area contributed by atoms with E-state index in [0.29, 0.717) is 5.56 Å². The highest BCUT2D eigenvalue weighted by Crippen LogP contribution is 2.45. The van der Waals surface area contributed by atoms with Crippen LogP contribution in [0.15, 0.2) is 109 Å². The molecule has 0 bridgehead atoms. The minimum Gasteiger partial charge on any atom is -0.204 e. The summed E-state index contributed by atoms with van der Waals surface area (Å²) in [6, 6.07) is 35.3. The number of halogens is 2. The summed E-state index contributed by atoms with van der Waals surface area (Å²) in [6.45, 7) is 0. The molecule has 0 spiro atoms. The molecule has 2 heteroatoms. The van der Waals surface area contributed by atoms with E-state index < -0.39 is 11.6 Å². The van der Waals surface area contributed by atoms with Crippen molar-refractivity contribution in [1.29, 1.82) is 0 Å². The molecule has 152 valence electrons. The van der Waals surface area contributed by atoms with Crippen LogP contribution in [0, 0.1) is 11.6 Å². The molecule has 0 radical (unpaired) electrons. The zero-order valence-electron chi connectivity index (χ0n) is 17.1. The third kappa shape index (κ3) is 2.80. The standard InChI is InChI=1S/C30H18F2/c31-27-17-16-20(18-28(27)32)29-23-11-3-5-13-25(23)30(26-14-6-4-12-24(26)29)22-15-7-9-19-8-1-2-10-21(19)22/h1-18H. The molecule has 0 amide bonds. The summed E-state index contributed by atoms with van der Waals surface area (Å²) in [5.41, 5.74) is 3.89. The van der Waals surface area contributed by atoms with Crippen LogP contribution in [-0.2, 0) is 0 Å². The van der Waals surface area contributed by atoms with Gasteiger partial charge in [0.15, 0.2) is 11.6 Å². The highest BCUT2D eigenvalue weighted by atomic mass is 19.2. The lowest BCUT2D eigenvalue weighted by Gasteiger charge is -2.18. The topological polar surface area (TPSA) is 0 Å². The molecule has 0 N–H and O–H groups in total. The van der Waals surface area contributed by atoms with Gasteiger partial charge in [-0.2, -0.15) is 0 Å². The van der Waals surface area contributed by atoms with Gasteiger partial charge < -0.3 is 0 Å². The van der Waals surface area contributed by atoms with E-state index in [1.165, 1.54) is 22.9 Å². The quantitative estimate of drug-likeness (QED) is 0.248. The zero-order valence-corrected chi connectivity index (χ0v) is 17.1. The van der Waals surface area contributed by atoms with E-state index in [2.05, 4.69) is 66.7 Å². The fourth-order valence-corrected chi connectivity index (χ4v) is 4.82. The molecule has 0 atom stereocenters. The van der Waals surface area contributed by atoms with Crippen molar-refractivity contribution in [3.63, 3.8) is 0 Å². The maximum atomic E-state index is 14.2. The minimum absolute atomic E-state index is 0.667. The molecular formula is C30H18F2. The van der Waals surface area contributed by atoms with Gasteiger partial charge in [0.2, 0.25) is 0 Å². The van der Waals surface area contributed by atoms with Gasteiger partial charge in [-0.25, -0.2) is 8.78 Å². The molecule has 6 aromatic rings. The number of hydrogen-bond donors (Lipinski definition) is 0. The first-order valence-electron chi connectivity index (χ1n) is 10.6.